The molecule has 1 fully saturated rings. The van der Waals surface area contributed by atoms with Gasteiger partial charge in [0.05, 0.1) is 0 Å². The van der Waals surface area contributed by atoms with Gasteiger partial charge in [-0.1, -0.05) is 12.8 Å². The second-order valence-corrected chi connectivity index (χ2v) is 4.61. The summed E-state index contributed by atoms with van der Waals surface area (Å²) in [5.41, 5.74) is 5.57. The van der Waals surface area contributed by atoms with Gasteiger partial charge in [-0.05, 0) is 12.8 Å². The molecule has 5 nitrogen and oxygen atoms in total. The van der Waals surface area contributed by atoms with Crippen LogP contribution in [0.3, 0.4) is 0 Å². The van der Waals surface area contributed by atoms with Gasteiger partial charge in [-0.2, -0.15) is 0 Å². The molecule has 0 aromatic rings. The van der Waals surface area contributed by atoms with Crippen molar-refractivity contribution in [2.24, 2.45) is 5.73 Å². The molecule has 4 N–H and O–H groups in total. The van der Waals surface area contributed by atoms with Crippen molar-refractivity contribution in [3.63, 3.8) is 0 Å². The zero-order valence-corrected chi connectivity index (χ0v) is 9.74. The number of nitrogens with one attached hydrogen (secondary N) is 1. The van der Waals surface area contributed by atoms with Crippen LogP contribution in [-0.2, 0) is 9.59 Å². The topological polar surface area (TPSA) is 92.4 Å². The van der Waals surface area contributed by atoms with E-state index < -0.39 is 17.6 Å². The monoisotopic (exact) mass is 238 g/mol. The van der Waals surface area contributed by atoms with E-state index >= 15 is 0 Å². The van der Waals surface area contributed by atoms with Gasteiger partial charge in [0, 0.05) is 18.4 Å². The SMILES string of the molecule is C#CCC(NC(=O)CC1(N)CCCC1)C(=O)O. The summed E-state index contributed by atoms with van der Waals surface area (Å²) in [5.74, 6) is 0.778. The molecule has 1 atom stereocenters. The van der Waals surface area contributed by atoms with Crippen LogP contribution in [0.4, 0.5) is 0 Å². The molecule has 1 saturated carbocycles. The number of carboxylic acid groups (broad SMARTS) is 1. The zero-order chi connectivity index (χ0) is 12.9. The van der Waals surface area contributed by atoms with Crippen LogP contribution in [0.2, 0.25) is 0 Å². The molecule has 0 aromatic heterocycles. The fourth-order valence-electron chi connectivity index (χ4n) is 2.14. The molecule has 0 spiro atoms. The number of rotatable bonds is 5. The molecule has 1 aliphatic carbocycles. The van der Waals surface area contributed by atoms with E-state index in [0.29, 0.717) is 0 Å². The minimum atomic E-state index is -1.12. The van der Waals surface area contributed by atoms with Crippen molar-refractivity contribution in [1.82, 2.24) is 5.32 Å². The van der Waals surface area contributed by atoms with E-state index in [1.807, 2.05) is 0 Å². The highest BCUT2D eigenvalue weighted by Gasteiger charge is 2.32. The van der Waals surface area contributed by atoms with Crippen molar-refractivity contribution >= 4 is 11.9 Å². The van der Waals surface area contributed by atoms with Crippen LogP contribution in [0.5, 0.6) is 0 Å². The van der Waals surface area contributed by atoms with Crippen molar-refractivity contribution in [1.29, 1.82) is 0 Å². The van der Waals surface area contributed by atoms with Gasteiger partial charge in [0.15, 0.2) is 0 Å². The van der Waals surface area contributed by atoms with Crippen LogP contribution in [-0.4, -0.2) is 28.6 Å². The van der Waals surface area contributed by atoms with Gasteiger partial charge >= 0.3 is 5.97 Å². The zero-order valence-electron chi connectivity index (χ0n) is 9.74. The molecule has 1 amide bonds. The Bertz CT molecular complexity index is 340. The number of carboxylic acids is 1. The second kappa shape index (κ2) is 5.69. The first-order valence-corrected chi connectivity index (χ1v) is 5.71. The maximum Gasteiger partial charge on any atom is 0.327 e. The molecule has 17 heavy (non-hydrogen) atoms. The fraction of sp³-hybridized carbons (Fsp3) is 0.667. The van der Waals surface area contributed by atoms with Crippen LogP contribution in [0.15, 0.2) is 0 Å². The van der Waals surface area contributed by atoms with E-state index in [4.69, 9.17) is 17.3 Å². The van der Waals surface area contributed by atoms with Gasteiger partial charge in [0.1, 0.15) is 6.04 Å². The Morgan fingerprint density at radius 2 is 2.06 bits per heavy atom. The normalized spacial score (nSPS) is 19.3. The molecule has 0 aromatic carbocycles. The fourth-order valence-corrected chi connectivity index (χ4v) is 2.14. The van der Waals surface area contributed by atoms with Gasteiger partial charge in [-0.15, -0.1) is 12.3 Å². The van der Waals surface area contributed by atoms with E-state index in [1.165, 1.54) is 0 Å². The van der Waals surface area contributed by atoms with Gasteiger partial charge in [-0.25, -0.2) is 4.79 Å². The predicted octanol–water partition coefficient (Wildman–Crippen LogP) is 0.241. The number of aliphatic carboxylic acids is 1. The molecule has 0 bridgehead atoms. The summed E-state index contributed by atoms with van der Waals surface area (Å²) < 4.78 is 0. The van der Waals surface area contributed by atoms with Crippen LogP contribution in [0.25, 0.3) is 0 Å². The molecule has 5 heteroatoms. The smallest absolute Gasteiger partial charge is 0.327 e. The van der Waals surface area contributed by atoms with Crippen LogP contribution in [0.1, 0.15) is 38.5 Å². The first-order chi connectivity index (χ1) is 7.97. The van der Waals surface area contributed by atoms with Crippen LogP contribution in [0, 0.1) is 12.3 Å². The molecule has 1 aliphatic rings. The summed E-state index contributed by atoms with van der Waals surface area (Å²) in [7, 11) is 0. The molecule has 0 aliphatic heterocycles. The summed E-state index contributed by atoms with van der Waals surface area (Å²) in [5, 5.41) is 11.2. The van der Waals surface area contributed by atoms with Gasteiger partial charge < -0.3 is 16.2 Å². The minimum Gasteiger partial charge on any atom is -0.480 e. The first kappa shape index (κ1) is 13.5. The maximum atomic E-state index is 11.7. The minimum absolute atomic E-state index is 0.0152. The third-order valence-corrected chi connectivity index (χ3v) is 3.07. The Morgan fingerprint density at radius 1 is 1.47 bits per heavy atom. The third-order valence-electron chi connectivity index (χ3n) is 3.07. The number of hydrogen-bond donors (Lipinski definition) is 3. The third kappa shape index (κ3) is 4.08. The van der Waals surface area contributed by atoms with Crippen molar-refractivity contribution in [2.45, 2.75) is 50.1 Å². The van der Waals surface area contributed by atoms with Crippen LogP contribution < -0.4 is 11.1 Å². The Labute approximate surface area is 101 Å². The predicted molar refractivity (Wildman–Crippen MR) is 63.0 cm³/mol. The van der Waals surface area contributed by atoms with Crippen molar-refractivity contribution < 1.29 is 14.7 Å². The van der Waals surface area contributed by atoms with Gasteiger partial charge in [0.2, 0.25) is 5.91 Å². The van der Waals surface area contributed by atoms with E-state index in [9.17, 15) is 9.59 Å². The summed E-state index contributed by atoms with van der Waals surface area (Å²) in [4.78, 5) is 22.5. The molecule has 0 saturated heterocycles. The summed E-state index contributed by atoms with van der Waals surface area (Å²) in [6, 6.07) is -1.02. The average Bonchev–Trinajstić information content (AvgIpc) is 2.63. The van der Waals surface area contributed by atoms with Crippen molar-refractivity contribution in [3.05, 3.63) is 0 Å². The van der Waals surface area contributed by atoms with Crippen molar-refractivity contribution in [3.8, 4) is 12.3 Å². The lowest BCUT2D eigenvalue weighted by atomic mass is 9.94. The van der Waals surface area contributed by atoms with Gasteiger partial charge in [0.25, 0.3) is 0 Å². The van der Waals surface area contributed by atoms with Gasteiger partial charge in [-0.3, -0.25) is 4.79 Å². The highest BCUT2D eigenvalue weighted by Crippen LogP contribution is 2.29. The number of carbonyl (C=O) groups excluding carboxylic acids is 1. The first-order valence-electron chi connectivity index (χ1n) is 5.71. The number of nitrogens with two attached hydrogens (primary N) is 1. The molecule has 94 valence electrons. The molecule has 0 heterocycles. The Balaban J connectivity index is 2.47. The standard InChI is InChI=1S/C12H18N2O3/c1-2-5-9(11(16)17)14-10(15)8-12(13)6-3-4-7-12/h1,9H,3-8,13H2,(H,14,15)(H,16,17). The molecule has 1 unspecified atom stereocenters. The average molecular weight is 238 g/mol. The summed E-state index contributed by atoms with van der Waals surface area (Å²) >= 11 is 0. The Morgan fingerprint density at radius 3 is 2.53 bits per heavy atom. The van der Waals surface area contributed by atoms with E-state index in [1.54, 1.807) is 0 Å². The number of carbonyl (C=O) groups is 2. The lowest BCUT2D eigenvalue weighted by Gasteiger charge is -2.23. The highest BCUT2D eigenvalue weighted by molar-refractivity contribution is 5.84. The van der Waals surface area contributed by atoms with Crippen LogP contribution >= 0.6 is 0 Å². The van der Waals surface area contributed by atoms with E-state index in [0.717, 1.165) is 25.7 Å². The Kier molecular flexibility index (Phi) is 4.53. The number of hydrogen-bond acceptors (Lipinski definition) is 3. The summed E-state index contributed by atoms with van der Waals surface area (Å²) in [6.45, 7) is 0. The van der Waals surface area contributed by atoms with E-state index in [-0.39, 0.29) is 18.7 Å². The second-order valence-electron chi connectivity index (χ2n) is 4.61. The number of terminal acetylenes is 1. The van der Waals surface area contributed by atoms with Crippen molar-refractivity contribution in [2.75, 3.05) is 0 Å². The molecular formula is C12H18N2O3. The number of amides is 1. The summed E-state index contributed by atoms with van der Waals surface area (Å²) in [6.07, 6.45) is 8.87. The molecule has 1 rings (SSSR count). The Hall–Kier alpha value is -1.54. The highest BCUT2D eigenvalue weighted by atomic mass is 16.4. The van der Waals surface area contributed by atoms with E-state index in [2.05, 4.69) is 11.2 Å². The largest absolute Gasteiger partial charge is 0.480 e. The lowest BCUT2D eigenvalue weighted by molar-refractivity contribution is -0.141. The molecule has 0 radical (unpaired) electrons. The quantitative estimate of drug-likeness (QED) is 0.598. The lowest BCUT2D eigenvalue weighted by Crippen LogP contribution is -2.46. The molecular weight excluding hydrogens is 220 g/mol. The maximum absolute atomic E-state index is 11.7.